The number of nitrogens with zero attached hydrogens (tertiary/aromatic N) is 5. The summed E-state index contributed by atoms with van der Waals surface area (Å²) in [6.07, 6.45) is 6.94. The van der Waals surface area contributed by atoms with Crippen LogP contribution in [0.3, 0.4) is 0 Å². The number of anilines is 1. The summed E-state index contributed by atoms with van der Waals surface area (Å²) in [7, 11) is 0. The maximum atomic E-state index is 11.8. The summed E-state index contributed by atoms with van der Waals surface area (Å²) in [6.45, 7) is 7.08. The fraction of sp³-hybridized carbons (Fsp3) is 0.625. The number of unbranched alkanes of at least 4 members (excludes halogenated alkanes) is 4. The molecule has 0 aliphatic carbocycles. The zero-order valence-electron chi connectivity index (χ0n) is 19.2. The molecule has 1 fully saturated rings. The van der Waals surface area contributed by atoms with Crippen LogP contribution in [0.15, 0.2) is 36.5 Å². The lowest BCUT2D eigenvalue weighted by Crippen LogP contribution is -2.46. The molecule has 1 aromatic heterocycles. The smallest absolute Gasteiger partial charge is 0.305 e. The van der Waals surface area contributed by atoms with E-state index in [2.05, 4.69) is 51.3 Å². The number of aromatic nitrogens is 3. The second-order valence-corrected chi connectivity index (χ2v) is 8.53. The molecule has 0 spiro atoms. The molecule has 0 radical (unpaired) electrons. The second-order valence-electron chi connectivity index (χ2n) is 8.53. The number of ether oxygens (including phenoxy) is 1. The van der Waals surface area contributed by atoms with E-state index in [1.54, 1.807) is 4.68 Å². The van der Waals surface area contributed by atoms with E-state index in [4.69, 9.17) is 4.74 Å². The van der Waals surface area contributed by atoms with Gasteiger partial charge >= 0.3 is 5.97 Å². The Morgan fingerprint density at radius 1 is 1.09 bits per heavy atom. The molecule has 1 aliphatic heterocycles. The third kappa shape index (κ3) is 8.24. The number of rotatable bonds is 13. The lowest BCUT2D eigenvalue weighted by atomic mass is 10.1. The maximum Gasteiger partial charge on any atom is 0.305 e. The number of hydrogen-bond donors (Lipinski definition) is 1. The van der Waals surface area contributed by atoms with Crippen molar-refractivity contribution in [1.29, 1.82) is 0 Å². The first-order valence-electron chi connectivity index (χ1n) is 11.9. The zero-order valence-corrected chi connectivity index (χ0v) is 19.2. The highest BCUT2D eigenvalue weighted by molar-refractivity contribution is 5.69. The number of carbonyl (C=O) groups excluding carboxylic acids is 1. The molecule has 8 nitrogen and oxygen atoms in total. The van der Waals surface area contributed by atoms with Crippen LogP contribution in [0.4, 0.5) is 5.69 Å². The van der Waals surface area contributed by atoms with Crippen LogP contribution in [0.1, 0.15) is 51.1 Å². The summed E-state index contributed by atoms with van der Waals surface area (Å²) in [5, 5.41) is 18.5. The molecule has 1 aliphatic rings. The van der Waals surface area contributed by atoms with Gasteiger partial charge in [0.25, 0.3) is 0 Å². The van der Waals surface area contributed by atoms with E-state index in [1.165, 1.54) is 18.5 Å². The fourth-order valence-electron chi connectivity index (χ4n) is 3.94. The van der Waals surface area contributed by atoms with Crippen LogP contribution in [-0.4, -0.2) is 69.9 Å². The number of benzene rings is 1. The Morgan fingerprint density at radius 2 is 1.84 bits per heavy atom. The van der Waals surface area contributed by atoms with Gasteiger partial charge in [-0.15, -0.1) is 5.10 Å². The molecule has 2 heterocycles. The van der Waals surface area contributed by atoms with Crippen LogP contribution >= 0.6 is 0 Å². The highest BCUT2D eigenvalue weighted by atomic mass is 16.5. The lowest BCUT2D eigenvalue weighted by Gasteiger charge is -2.35. The molecule has 0 saturated carbocycles. The zero-order chi connectivity index (χ0) is 22.6. The Labute approximate surface area is 191 Å². The van der Waals surface area contributed by atoms with Crippen molar-refractivity contribution in [3.63, 3.8) is 0 Å². The fourth-order valence-corrected chi connectivity index (χ4v) is 3.94. The van der Waals surface area contributed by atoms with Gasteiger partial charge in [0.15, 0.2) is 0 Å². The number of aliphatic hydroxyl groups excluding tert-OH is 1. The van der Waals surface area contributed by atoms with Crippen molar-refractivity contribution in [2.24, 2.45) is 0 Å². The monoisotopic (exact) mass is 443 g/mol. The van der Waals surface area contributed by atoms with Gasteiger partial charge in [-0.1, -0.05) is 56.0 Å². The first-order valence-corrected chi connectivity index (χ1v) is 11.9. The Hall–Kier alpha value is -2.45. The average Bonchev–Trinajstić information content (AvgIpc) is 3.25. The summed E-state index contributed by atoms with van der Waals surface area (Å²) in [5.41, 5.74) is 2.15. The van der Waals surface area contributed by atoms with Gasteiger partial charge < -0.3 is 14.7 Å². The number of esters is 1. The number of piperazine rings is 1. The van der Waals surface area contributed by atoms with E-state index < -0.39 is 6.10 Å². The lowest BCUT2D eigenvalue weighted by molar-refractivity contribution is -0.147. The van der Waals surface area contributed by atoms with Crippen molar-refractivity contribution in [3.8, 4) is 0 Å². The van der Waals surface area contributed by atoms with Crippen molar-refractivity contribution in [2.75, 3.05) is 37.7 Å². The molecular weight excluding hydrogens is 406 g/mol. The number of para-hydroxylation sites is 1. The van der Waals surface area contributed by atoms with E-state index >= 15 is 0 Å². The van der Waals surface area contributed by atoms with E-state index in [1.807, 2.05) is 12.3 Å². The molecule has 0 amide bonds. The van der Waals surface area contributed by atoms with E-state index in [0.29, 0.717) is 6.42 Å². The Bertz CT molecular complexity index is 790. The number of hydrogen-bond acceptors (Lipinski definition) is 7. The third-order valence-corrected chi connectivity index (χ3v) is 5.78. The van der Waals surface area contributed by atoms with Crippen LogP contribution in [0.25, 0.3) is 0 Å². The molecule has 1 N–H and O–H groups in total. The number of aliphatic hydroxyl groups is 1. The van der Waals surface area contributed by atoms with Gasteiger partial charge in [-0.25, -0.2) is 4.68 Å². The van der Waals surface area contributed by atoms with Gasteiger partial charge in [0.2, 0.25) is 0 Å². The summed E-state index contributed by atoms with van der Waals surface area (Å²) >= 11 is 0. The highest BCUT2D eigenvalue weighted by Crippen LogP contribution is 2.16. The summed E-state index contributed by atoms with van der Waals surface area (Å²) < 4.78 is 6.82. The topological polar surface area (TPSA) is 83.7 Å². The van der Waals surface area contributed by atoms with Crippen LogP contribution in [-0.2, 0) is 22.6 Å². The highest BCUT2D eigenvalue weighted by Gasteiger charge is 2.18. The largest absolute Gasteiger partial charge is 0.463 e. The molecular formula is C24H37N5O3. The predicted octanol–water partition coefficient (Wildman–Crippen LogP) is 2.86. The summed E-state index contributed by atoms with van der Waals surface area (Å²) in [5.74, 6) is -0.241. The molecule has 0 bridgehead atoms. The SMILES string of the molecule is CCCCCCCC(=O)OCC(O)Cn1cc(CN2CCN(c3ccccc3)CC2)nn1. The molecule has 32 heavy (non-hydrogen) atoms. The molecule has 1 unspecified atom stereocenters. The molecule has 2 aromatic rings. The van der Waals surface area contributed by atoms with Crippen LogP contribution in [0, 0.1) is 0 Å². The Kier molecular flexibility index (Phi) is 9.97. The van der Waals surface area contributed by atoms with Gasteiger partial charge in [0, 0.05) is 51.0 Å². The average molecular weight is 444 g/mol. The summed E-state index contributed by atoms with van der Waals surface area (Å²) in [4.78, 5) is 16.6. The third-order valence-electron chi connectivity index (χ3n) is 5.78. The quantitative estimate of drug-likeness (QED) is 0.376. The minimum atomic E-state index is -0.789. The summed E-state index contributed by atoms with van der Waals surface area (Å²) in [6, 6.07) is 10.5. The van der Waals surface area contributed by atoms with Crippen molar-refractivity contribution in [1.82, 2.24) is 19.9 Å². The van der Waals surface area contributed by atoms with Crippen molar-refractivity contribution >= 4 is 11.7 Å². The van der Waals surface area contributed by atoms with E-state index in [9.17, 15) is 9.90 Å². The number of carbonyl (C=O) groups is 1. The Balaban J connectivity index is 1.32. The van der Waals surface area contributed by atoms with Gasteiger partial charge in [-0.2, -0.15) is 0 Å². The maximum absolute atomic E-state index is 11.8. The Morgan fingerprint density at radius 3 is 2.59 bits per heavy atom. The normalized spacial score (nSPS) is 15.6. The predicted molar refractivity (Wildman–Crippen MR) is 124 cm³/mol. The standard InChI is InChI=1S/C24H37N5O3/c1-2-3-4-5-9-12-24(31)32-20-23(30)19-29-18-21(25-26-29)17-27-13-15-28(16-14-27)22-10-7-6-8-11-22/h6-8,10-11,18,23,30H,2-5,9,12-17,19-20H2,1H3. The molecule has 176 valence electrons. The van der Waals surface area contributed by atoms with E-state index in [0.717, 1.165) is 57.7 Å². The van der Waals surface area contributed by atoms with E-state index in [-0.39, 0.29) is 19.1 Å². The minimum Gasteiger partial charge on any atom is -0.463 e. The first-order chi connectivity index (χ1) is 15.6. The first kappa shape index (κ1) is 24.2. The van der Waals surface area contributed by atoms with Crippen molar-refractivity contribution in [3.05, 3.63) is 42.2 Å². The molecule has 1 saturated heterocycles. The molecule has 3 rings (SSSR count). The van der Waals surface area contributed by atoms with Crippen LogP contribution in [0.5, 0.6) is 0 Å². The van der Waals surface area contributed by atoms with Crippen molar-refractivity contribution < 1.29 is 14.6 Å². The van der Waals surface area contributed by atoms with Gasteiger partial charge in [-0.05, 0) is 18.6 Å². The molecule has 1 aromatic carbocycles. The van der Waals surface area contributed by atoms with Crippen LogP contribution in [0.2, 0.25) is 0 Å². The van der Waals surface area contributed by atoms with Crippen molar-refractivity contribution in [2.45, 2.75) is 64.6 Å². The second kappa shape index (κ2) is 13.2. The molecule has 1 atom stereocenters. The van der Waals surface area contributed by atoms with Gasteiger partial charge in [0.1, 0.15) is 12.7 Å². The minimum absolute atomic E-state index is 0.00949. The van der Waals surface area contributed by atoms with Gasteiger partial charge in [-0.3, -0.25) is 9.69 Å². The van der Waals surface area contributed by atoms with Gasteiger partial charge in [0.05, 0.1) is 12.2 Å². The molecule has 8 heteroatoms. The van der Waals surface area contributed by atoms with Crippen LogP contribution < -0.4 is 4.90 Å².